The summed E-state index contributed by atoms with van der Waals surface area (Å²) in [6.45, 7) is 3.18. The second-order valence-electron chi connectivity index (χ2n) is 9.41. The van der Waals surface area contributed by atoms with Crippen molar-refractivity contribution in [3.05, 3.63) is 0 Å². The van der Waals surface area contributed by atoms with E-state index in [1.165, 1.54) is 0 Å². The molecule has 41 heavy (non-hydrogen) atoms. The Labute approximate surface area is 243 Å². The standard InChI is InChI=1S/C28H49N2O11/c31-15-9-10-24(28(36)37)30-26(33)13-16-38-18-20-40-22-23-41-21-19-39-17-14-29-25(32)11-7-5-3-1-2-4-6-8-12-27(34)35/h24H,1-14,16-23H2,(H,29,32)(H,30,33)(H,34,35)(H,36,37)/t24-/m0/s1. The second kappa shape index (κ2) is 28.9. The third-order valence-corrected chi connectivity index (χ3v) is 5.87. The van der Waals surface area contributed by atoms with E-state index in [4.69, 9.17) is 29.2 Å². The van der Waals surface area contributed by atoms with Crippen molar-refractivity contribution in [2.45, 2.75) is 89.5 Å². The number of carboxylic acids is 2. The van der Waals surface area contributed by atoms with Crippen LogP contribution in [0.1, 0.15) is 83.5 Å². The summed E-state index contributed by atoms with van der Waals surface area (Å²) in [5, 5.41) is 22.8. The van der Waals surface area contributed by atoms with Gasteiger partial charge in [0, 0.05) is 32.2 Å². The van der Waals surface area contributed by atoms with Crippen molar-refractivity contribution in [1.82, 2.24) is 10.6 Å². The maximum atomic E-state index is 11.8. The number of hydrogen-bond acceptors (Lipinski definition) is 9. The number of ether oxygens (including phenoxy) is 4. The fourth-order valence-corrected chi connectivity index (χ4v) is 3.63. The van der Waals surface area contributed by atoms with Gasteiger partial charge in [-0.3, -0.25) is 19.2 Å². The lowest BCUT2D eigenvalue weighted by Crippen LogP contribution is -2.41. The van der Waals surface area contributed by atoms with Gasteiger partial charge in [0.15, 0.2) is 6.29 Å². The predicted molar refractivity (Wildman–Crippen MR) is 149 cm³/mol. The molecule has 0 rings (SSSR count). The van der Waals surface area contributed by atoms with E-state index < -0.39 is 23.9 Å². The van der Waals surface area contributed by atoms with Gasteiger partial charge in [0.25, 0.3) is 0 Å². The first-order valence-electron chi connectivity index (χ1n) is 14.5. The maximum Gasteiger partial charge on any atom is 0.326 e. The van der Waals surface area contributed by atoms with Crippen molar-refractivity contribution in [1.29, 1.82) is 0 Å². The van der Waals surface area contributed by atoms with Crippen LogP contribution in [0.2, 0.25) is 0 Å². The Morgan fingerprint density at radius 2 is 1.10 bits per heavy atom. The zero-order valence-corrected chi connectivity index (χ0v) is 24.2. The van der Waals surface area contributed by atoms with E-state index >= 15 is 0 Å². The first-order valence-corrected chi connectivity index (χ1v) is 14.5. The van der Waals surface area contributed by atoms with E-state index in [-0.39, 0.29) is 44.8 Å². The predicted octanol–water partition coefficient (Wildman–Crippen LogP) is 2.00. The number of carbonyl (C=O) groups excluding carboxylic acids is 3. The van der Waals surface area contributed by atoms with Gasteiger partial charge in [-0.05, 0) is 19.3 Å². The minimum atomic E-state index is -1.20. The highest BCUT2D eigenvalue weighted by molar-refractivity contribution is 5.83. The Hall–Kier alpha value is -2.61. The molecule has 0 aromatic rings. The molecule has 0 saturated carbocycles. The van der Waals surface area contributed by atoms with Gasteiger partial charge in [-0.15, -0.1) is 0 Å². The van der Waals surface area contributed by atoms with Crippen LogP contribution >= 0.6 is 0 Å². The van der Waals surface area contributed by atoms with E-state index in [2.05, 4.69) is 10.6 Å². The van der Waals surface area contributed by atoms with Gasteiger partial charge in [0.2, 0.25) is 11.8 Å². The average molecular weight is 590 g/mol. The molecule has 13 heteroatoms. The summed E-state index contributed by atoms with van der Waals surface area (Å²) in [7, 11) is 0. The number of amides is 2. The van der Waals surface area contributed by atoms with Gasteiger partial charge in [0.1, 0.15) is 6.04 Å². The third-order valence-electron chi connectivity index (χ3n) is 5.87. The van der Waals surface area contributed by atoms with Crippen LogP contribution in [0.4, 0.5) is 0 Å². The summed E-state index contributed by atoms with van der Waals surface area (Å²) in [6.07, 6.45) is 10.3. The molecule has 2 amide bonds. The molecule has 0 aromatic heterocycles. The van der Waals surface area contributed by atoms with Gasteiger partial charge < -0.3 is 39.8 Å². The van der Waals surface area contributed by atoms with Crippen molar-refractivity contribution in [3.63, 3.8) is 0 Å². The van der Waals surface area contributed by atoms with Crippen LogP contribution in [0, 0.1) is 0 Å². The summed E-state index contributed by atoms with van der Waals surface area (Å²) in [4.78, 5) is 55.3. The quantitative estimate of drug-likeness (QED) is 0.0866. The number of rotatable bonds is 31. The molecular formula is C28H49N2O11. The van der Waals surface area contributed by atoms with Crippen LogP contribution in [0.3, 0.4) is 0 Å². The summed E-state index contributed by atoms with van der Waals surface area (Å²) < 4.78 is 21.5. The van der Waals surface area contributed by atoms with E-state index in [0.717, 1.165) is 51.4 Å². The first-order chi connectivity index (χ1) is 19.9. The van der Waals surface area contributed by atoms with Crippen LogP contribution in [0.25, 0.3) is 0 Å². The molecule has 0 fully saturated rings. The highest BCUT2D eigenvalue weighted by atomic mass is 16.6. The van der Waals surface area contributed by atoms with Crippen LogP contribution in [-0.4, -0.2) is 106 Å². The maximum absolute atomic E-state index is 11.8. The van der Waals surface area contributed by atoms with Gasteiger partial charge >= 0.3 is 11.9 Å². The molecule has 13 nitrogen and oxygen atoms in total. The van der Waals surface area contributed by atoms with Crippen LogP contribution in [-0.2, 0) is 42.9 Å². The number of carboxylic acid groups (broad SMARTS) is 2. The first kappa shape index (κ1) is 38.4. The molecule has 4 N–H and O–H groups in total. The minimum absolute atomic E-state index is 0.00227. The molecular weight excluding hydrogens is 540 g/mol. The monoisotopic (exact) mass is 589 g/mol. The van der Waals surface area contributed by atoms with E-state index in [1.54, 1.807) is 6.29 Å². The van der Waals surface area contributed by atoms with Gasteiger partial charge in [-0.2, -0.15) is 0 Å². The molecule has 0 aromatic carbocycles. The van der Waals surface area contributed by atoms with Crippen molar-refractivity contribution in [2.75, 3.05) is 59.4 Å². The highest BCUT2D eigenvalue weighted by Crippen LogP contribution is 2.10. The molecule has 0 saturated heterocycles. The lowest BCUT2D eigenvalue weighted by molar-refractivity contribution is -0.142. The summed E-state index contributed by atoms with van der Waals surface area (Å²) >= 11 is 0. The molecule has 0 spiro atoms. The Kier molecular flexibility index (Phi) is 27.1. The normalized spacial score (nSPS) is 11.6. The number of unbranched alkanes of at least 4 members (excludes halogenated alkanes) is 7. The molecule has 0 aliphatic heterocycles. The molecule has 0 unspecified atom stereocenters. The minimum Gasteiger partial charge on any atom is -0.481 e. The number of hydrogen-bond donors (Lipinski definition) is 4. The molecule has 0 bridgehead atoms. The Morgan fingerprint density at radius 1 is 0.610 bits per heavy atom. The van der Waals surface area contributed by atoms with Crippen molar-refractivity contribution in [3.8, 4) is 0 Å². The van der Waals surface area contributed by atoms with Crippen molar-refractivity contribution < 1.29 is 53.1 Å². The topological polar surface area (TPSA) is 187 Å². The summed E-state index contributed by atoms with van der Waals surface area (Å²) in [6, 6.07) is -1.11. The molecule has 0 aliphatic rings. The molecule has 237 valence electrons. The lowest BCUT2D eigenvalue weighted by Gasteiger charge is -2.13. The SMILES string of the molecule is O=[C]CC[C@H](NC(=O)CCOCCOCCOCCOCCNC(=O)CCCCCCCCCCC(=O)O)C(=O)O. The van der Waals surface area contributed by atoms with Crippen LogP contribution in [0.15, 0.2) is 0 Å². The van der Waals surface area contributed by atoms with Gasteiger partial charge in [0.05, 0.1) is 52.9 Å². The summed E-state index contributed by atoms with van der Waals surface area (Å²) in [5.74, 6) is -2.37. The largest absolute Gasteiger partial charge is 0.481 e. The van der Waals surface area contributed by atoms with Gasteiger partial charge in [-0.25, -0.2) is 4.79 Å². The second-order valence-corrected chi connectivity index (χ2v) is 9.41. The lowest BCUT2D eigenvalue weighted by atomic mass is 10.1. The van der Waals surface area contributed by atoms with Crippen LogP contribution < -0.4 is 10.6 Å². The van der Waals surface area contributed by atoms with E-state index in [1.807, 2.05) is 0 Å². The average Bonchev–Trinajstić information content (AvgIpc) is 2.93. The fraction of sp³-hybridized carbons (Fsp3) is 0.821. The molecule has 1 atom stereocenters. The van der Waals surface area contributed by atoms with Gasteiger partial charge in [-0.1, -0.05) is 38.5 Å². The smallest absolute Gasteiger partial charge is 0.326 e. The summed E-state index contributed by atoms with van der Waals surface area (Å²) in [5.41, 5.74) is 0. The Morgan fingerprint density at radius 3 is 1.61 bits per heavy atom. The van der Waals surface area contributed by atoms with Crippen molar-refractivity contribution >= 4 is 30.0 Å². The zero-order valence-electron chi connectivity index (χ0n) is 24.2. The van der Waals surface area contributed by atoms with E-state index in [9.17, 15) is 24.0 Å². The zero-order chi connectivity index (χ0) is 30.4. The molecule has 0 heterocycles. The number of aliphatic carboxylic acids is 2. The number of carbonyl (C=O) groups is 4. The van der Waals surface area contributed by atoms with Crippen molar-refractivity contribution in [2.24, 2.45) is 0 Å². The third kappa shape index (κ3) is 28.7. The highest BCUT2D eigenvalue weighted by Gasteiger charge is 2.19. The molecule has 0 aliphatic carbocycles. The Bertz CT molecular complexity index is 707. The fourth-order valence-electron chi connectivity index (χ4n) is 3.63. The molecule has 1 radical (unpaired) electrons. The van der Waals surface area contributed by atoms with Crippen LogP contribution in [0.5, 0.6) is 0 Å². The Balaban J connectivity index is 3.35. The number of nitrogens with one attached hydrogen (secondary N) is 2. The van der Waals surface area contributed by atoms with E-state index in [0.29, 0.717) is 52.6 Å².